The smallest absolute Gasteiger partial charge is 0.277 e. The summed E-state index contributed by atoms with van der Waals surface area (Å²) in [5.74, 6) is 0.229. The Hall–Kier alpha value is -4.06. The summed E-state index contributed by atoms with van der Waals surface area (Å²) in [7, 11) is 0. The molecule has 1 amide bonds. The SMILES string of the molecule is Cc1ccc(C)c(-c2cc(C(=O)Nc3ccc(N=Nc4ccccc4)cc3)no2)c1. The summed E-state index contributed by atoms with van der Waals surface area (Å²) in [6, 6.07) is 24.3. The first-order valence-electron chi connectivity index (χ1n) is 9.51. The highest BCUT2D eigenvalue weighted by molar-refractivity contribution is 6.03. The molecule has 0 saturated heterocycles. The van der Waals surface area contributed by atoms with Crippen LogP contribution in [0.2, 0.25) is 0 Å². The Morgan fingerprint density at radius 3 is 2.30 bits per heavy atom. The van der Waals surface area contributed by atoms with Crippen LogP contribution >= 0.6 is 0 Å². The van der Waals surface area contributed by atoms with Gasteiger partial charge >= 0.3 is 0 Å². The van der Waals surface area contributed by atoms with Crippen LogP contribution in [0, 0.1) is 13.8 Å². The Labute approximate surface area is 174 Å². The molecular weight excluding hydrogens is 376 g/mol. The van der Waals surface area contributed by atoms with Gasteiger partial charge in [0.05, 0.1) is 11.4 Å². The standard InChI is InChI=1S/C24H20N4O2/c1-16-8-9-17(2)21(14-16)23-15-22(28-30-23)24(29)25-18-10-12-20(13-11-18)27-26-19-6-4-3-5-7-19/h3-15H,1-2H3,(H,25,29). The number of aryl methyl sites for hydroxylation is 2. The van der Waals surface area contributed by atoms with Gasteiger partial charge < -0.3 is 9.84 Å². The van der Waals surface area contributed by atoms with Gasteiger partial charge in [-0.05, 0) is 61.9 Å². The number of nitrogens with one attached hydrogen (secondary N) is 1. The summed E-state index contributed by atoms with van der Waals surface area (Å²) < 4.78 is 5.40. The fraction of sp³-hybridized carbons (Fsp3) is 0.0833. The second-order valence-corrected chi connectivity index (χ2v) is 6.93. The summed E-state index contributed by atoms with van der Waals surface area (Å²) in [5, 5.41) is 15.1. The minimum absolute atomic E-state index is 0.221. The highest BCUT2D eigenvalue weighted by Crippen LogP contribution is 2.26. The van der Waals surface area contributed by atoms with Crippen molar-refractivity contribution in [3.05, 3.63) is 95.7 Å². The zero-order chi connectivity index (χ0) is 20.9. The van der Waals surface area contributed by atoms with Crippen molar-refractivity contribution in [2.75, 3.05) is 5.32 Å². The number of amides is 1. The summed E-state index contributed by atoms with van der Waals surface area (Å²) in [6.07, 6.45) is 0. The molecular formula is C24H20N4O2. The van der Waals surface area contributed by atoms with Crippen molar-refractivity contribution in [2.45, 2.75) is 13.8 Å². The zero-order valence-electron chi connectivity index (χ0n) is 16.7. The van der Waals surface area contributed by atoms with E-state index in [1.165, 1.54) is 0 Å². The predicted octanol–water partition coefficient (Wildman–Crippen LogP) is 6.63. The van der Waals surface area contributed by atoms with E-state index in [0.717, 1.165) is 22.4 Å². The van der Waals surface area contributed by atoms with E-state index in [4.69, 9.17) is 4.52 Å². The lowest BCUT2D eigenvalue weighted by Gasteiger charge is -2.03. The van der Waals surface area contributed by atoms with Gasteiger partial charge in [0.25, 0.3) is 5.91 Å². The third kappa shape index (κ3) is 4.50. The maximum Gasteiger partial charge on any atom is 0.277 e. The molecule has 0 radical (unpaired) electrons. The minimum Gasteiger partial charge on any atom is -0.355 e. The first-order chi connectivity index (χ1) is 14.6. The fourth-order valence-corrected chi connectivity index (χ4v) is 2.93. The molecule has 30 heavy (non-hydrogen) atoms. The van der Waals surface area contributed by atoms with E-state index in [-0.39, 0.29) is 11.6 Å². The lowest BCUT2D eigenvalue weighted by atomic mass is 10.0. The molecule has 0 saturated carbocycles. The third-order valence-corrected chi connectivity index (χ3v) is 4.56. The largest absolute Gasteiger partial charge is 0.355 e. The number of hydrogen-bond donors (Lipinski definition) is 1. The number of anilines is 1. The average molecular weight is 396 g/mol. The molecule has 0 aliphatic carbocycles. The number of nitrogens with zero attached hydrogens (tertiary/aromatic N) is 3. The number of aromatic nitrogens is 1. The Kier molecular flexibility index (Phi) is 5.48. The minimum atomic E-state index is -0.339. The lowest BCUT2D eigenvalue weighted by Crippen LogP contribution is -2.11. The molecule has 0 unspecified atom stereocenters. The maximum atomic E-state index is 12.5. The van der Waals surface area contributed by atoms with E-state index in [2.05, 4.69) is 20.7 Å². The Balaban J connectivity index is 1.44. The molecule has 4 aromatic rings. The molecule has 3 aromatic carbocycles. The van der Waals surface area contributed by atoms with Crippen LogP contribution in [0.1, 0.15) is 21.6 Å². The molecule has 6 heteroatoms. The van der Waals surface area contributed by atoms with E-state index in [1.54, 1.807) is 30.3 Å². The van der Waals surface area contributed by atoms with E-state index in [9.17, 15) is 4.79 Å². The van der Waals surface area contributed by atoms with Gasteiger partial charge in [0.1, 0.15) is 0 Å². The van der Waals surface area contributed by atoms with Crippen LogP contribution in [0.3, 0.4) is 0 Å². The molecule has 148 valence electrons. The predicted molar refractivity (Wildman–Crippen MR) is 116 cm³/mol. The maximum absolute atomic E-state index is 12.5. The van der Waals surface area contributed by atoms with Crippen LogP contribution in [0.15, 0.2) is 93.6 Å². The average Bonchev–Trinajstić information content (AvgIpc) is 3.26. The third-order valence-electron chi connectivity index (χ3n) is 4.56. The summed E-state index contributed by atoms with van der Waals surface area (Å²) in [6.45, 7) is 4.00. The molecule has 0 spiro atoms. The molecule has 1 aromatic heterocycles. The van der Waals surface area contributed by atoms with E-state index >= 15 is 0 Å². The number of hydrogen-bond acceptors (Lipinski definition) is 5. The van der Waals surface area contributed by atoms with Crippen LogP contribution in [0.4, 0.5) is 17.1 Å². The molecule has 6 nitrogen and oxygen atoms in total. The molecule has 0 fully saturated rings. The zero-order valence-corrected chi connectivity index (χ0v) is 16.7. The lowest BCUT2D eigenvalue weighted by molar-refractivity contribution is 0.101. The van der Waals surface area contributed by atoms with Crippen LogP contribution in [0.5, 0.6) is 0 Å². The second kappa shape index (κ2) is 8.53. The molecule has 0 aliphatic heterocycles. The molecule has 4 rings (SSSR count). The molecule has 1 heterocycles. The normalized spacial score (nSPS) is 11.0. The number of carbonyl (C=O) groups excluding carboxylic acids is 1. The van der Waals surface area contributed by atoms with E-state index in [1.807, 2.05) is 62.4 Å². The second-order valence-electron chi connectivity index (χ2n) is 6.93. The van der Waals surface area contributed by atoms with Gasteiger partial charge in [-0.3, -0.25) is 4.79 Å². The topological polar surface area (TPSA) is 79.9 Å². The monoisotopic (exact) mass is 396 g/mol. The number of azo groups is 1. The van der Waals surface area contributed by atoms with Crippen molar-refractivity contribution >= 4 is 23.0 Å². The van der Waals surface area contributed by atoms with Crippen LogP contribution in [0.25, 0.3) is 11.3 Å². The molecule has 0 bridgehead atoms. The number of rotatable bonds is 5. The first-order valence-corrected chi connectivity index (χ1v) is 9.51. The molecule has 0 atom stereocenters. The Morgan fingerprint density at radius 1 is 0.867 bits per heavy atom. The van der Waals surface area contributed by atoms with Gasteiger partial charge in [-0.1, -0.05) is 41.1 Å². The van der Waals surface area contributed by atoms with Crippen LogP contribution in [-0.4, -0.2) is 11.1 Å². The number of benzene rings is 3. The van der Waals surface area contributed by atoms with Gasteiger partial charge in [-0.2, -0.15) is 10.2 Å². The molecule has 0 aliphatic rings. The fourth-order valence-electron chi connectivity index (χ4n) is 2.93. The Morgan fingerprint density at radius 2 is 1.57 bits per heavy atom. The summed E-state index contributed by atoms with van der Waals surface area (Å²) in [4.78, 5) is 12.5. The van der Waals surface area contributed by atoms with E-state index in [0.29, 0.717) is 17.1 Å². The first kappa shape index (κ1) is 19.3. The van der Waals surface area contributed by atoms with Gasteiger partial charge in [0.15, 0.2) is 11.5 Å². The van der Waals surface area contributed by atoms with Crippen molar-refractivity contribution < 1.29 is 9.32 Å². The van der Waals surface area contributed by atoms with Crippen LogP contribution < -0.4 is 5.32 Å². The highest BCUT2D eigenvalue weighted by atomic mass is 16.5. The number of carbonyl (C=O) groups is 1. The summed E-state index contributed by atoms with van der Waals surface area (Å²) >= 11 is 0. The van der Waals surface area contributed by atoms with Gasteiger partial charge in [-0.25, -0.2) is 0 Å². The van der Waals surface area contributed by atoms with Crippen molar-refractivity contribution in [3.8, 4) is 11.3 Å². The highest BCUT2D eigenvalue weighted by Gasteiger charge is 2.15. The van der Waals surface area contributed by atoms with Crippen molar-refractivity contribution in [2.24, 2.45) is 10.2 Å². The van der Waals surface area contributed by atoms with Crippen molar-refractivity contribution in [1.29, 1.82) is 0 Å². The van der Waals surface area contributed by atoms with E-state index < -0.39 is 0 Å². The van der Waals surface area contributed by atoms with Gasteiger partial charge in [-0.15, -0.1) is 0 Å². The van der Waals surface area contributed by atoms with Crippen molar-refractivity contribution in [3.63, 3.8) is 0 Å². The van der Waals surface area contributed by atoms with Crippen molar-refractivity contribution in [1.82, 2.24) is 5.16 Å². The molecule has 1 N–H and O–H groups in total. The Bertz CT molecular complexity index is 1200. The van der Waals surface area contributed by atoms with Gasteiger partial charge in [0, 0.05) is 17.3 Å². The quantitative estimate of drug-likeness (QED) is 0.385. The van der Waals surface area contributed by atoms with Gasteiger partial charge in [0.2, 0.25) is 0 Å². The van der Waals surface area contributed by atoms with Crippen LogP contribution in [-0.2, 0) is 0 Å². The summed E-state index contributed by atoms with van der Waals surface area (Å²) in [5.41, 5.74) is 5.42.